The molecule has 0 fully saturated rings. The Kier molecular flexibility index (Phi) is 9.74. The summed E-state index contributed by atoms with van der Waals surface area (Å²) in [6.45, 7) is 6.87. The Hall–Kier alpha value is -1.79. The molecule has 0 bridgehead atoms. The molecule has 0 aromatic heterocycles. The van der Waals surface area contributed by atoms with Crippen molar-refractivity contribution in [3.05, 3.63) is 69.7 Å². The number of benzene rings is 2. The zero-order chi connectivity index (χ0) is 21.2. The fraction of sp³-hybridized carbons (Fsp3) is 0.391. The number of nitrogens with one attached hydrogen (secondary N) is 1. The maximum absolute atomic E-state index is 13.1. The summed E-state index contributed by atoms with van der Waals surface area (Å²) in [7, 11) is 0. The number of carbonyl (C=O) groups excluding carboxylic acids is 2. The van der Waals surface area contributed by atoms with E-state index in [2.05, 4.69) is 39.4 Å². The molecule has 1 atom stereocenters. The third-order valence-corrected chi connectivity index (χ3v) is 6.10. The van der Waals surface area contributed by atoms with Gasteiger partial charge in [-0.3, -0.25) is 9.59 Å². The third-order valence-electron chi connectivity index (χ3n) is 4.58. The number of amides is 2. The number of rotatable bonds is 10. The van der Waals surface area contributed by atoms with Crippen LogP contribution in [0.15, 0.2) is 53.0 Å². The molecule has 0 aliphatic carbocycles. The van der Waals surface area contributed by atoms with E-state index >= 15 is 0 Å². The van der Waals surface area contributed by atoms with Crippen LogP contribution in [0.25, 0.3) is 0 Å². The van der Waals surface area contributed by atoms with Gasteiger partial charge in [-0.1, -0.05) is 64.8 Å². The van der Waals surface area contributed by atoms with E-state index in [9.17, 15) is 9.59 Å². The first-order chi connectivity index (χ1) is 13.9. The second kappa shape index (κ2) is 12.0. The summed E-state index contributed by atoms with van der Waals surface area (Å²) in [5.74, 6) is 1.01. The minimum Gasteiger partial charge on any atom is -0.355 e. The van der Waals surface area contributed by atoms with Crippen molar-refractivity contribution >= 4 is 39.5 Å². The second-order valence-electron chi connectivity index (χ2n) is 6.95. The monoisotopic (exact) mass is 476 g/mol. The standard InChI is InChI=1S/C23H29BrN2O2S/c1-4-21(23(28)25-5-2)26(14-19-8-6-7-17(3)13-19)22(27)16-29-15-18-9-11-20(24)12-10-18/h6-13,21H,4-5,14-16H2,1-3H3,(H,25,28)/t21-/m0/s1. The Labute approximate surface area is 186 Å². The van der Waals surface area contributed by atoms with E-state index in [1.165, 1.54) is 5.56 Å². The summed E-state index contributed by atoms with van der Waals surface area (Å²) < 4.78 is 1.04. The maximum Gasteiger partial charge on any atom is 0.242 e. The molecule has 2 aromatic rings. The van der Waals surface area contributed by atoms with Crippen LogP contribution in [0.5, 0.6) is 0 Å². The Morgan fingerprint density at radius 1 is 1.10 bits per heavy atom. The molecule has 2 amide bonds. The van der Waals surface area contributed by atoms with E-state index in [1.54, 1.807) is 16.7 Å². The minimum absolute atomic E-state index is 0.00767. The fourth-order valence-electron chi connectivity index (χ4n) is 3.14. The van der Waals surface area contributed by atoms with Crippen LogP contribution in [0, 0.1) is 6.92 Å². The van der Waals surface area contributed by atoms with E-state index in [0.29, 0.717) is 25.3 Å². The van der Waals surface area contributed by atoms with Gasteiger partial charge in [-0.2, -0.15) is 0 Å². The van der Waals surface area contributed by atoms with Gasteiger partial charge >= 0.3 is 0 Å². The van der Waals surface area contributed by atoms with Crippen molar-refractivity contribution in [2.24, 2.45) is 0 Å². The van der Waals surface area contributed by atoms with Crippen LogP contribution in [-0.4, -0.2) is 35.1 Å². The molecule has 0 unspecified atom stereocenters. The van der Waals surface area contributed by atoms with Crippen molar-refractivity contribution in [1.82, 2.24) is 10.2 Å². The summed E-state index contributed by atoms with van der Waals surface area (Å²) >= 11 is 5.01. The Balaban J connectivity index is 2.10. The number of likely N-dealkylation sites (N-methyl/N-ethyl adjacent to an activating group) is 1. The Bertz CT molecular complexity index is 811. The molecule has 0 saturated carbocycles. The zero-order valence-corrected chi connectivity index (χ0v) is 19.7. The maximum atomic E-state index is 13.1. The highest BCUT2D eigenvalue weighted by Gasteiger charge is 2.28. The number of hydrogen-bond acceptors (Lipinski definition) is 3. The van der Waals surface area contributed by atoms with Gasteiger partial charge in [0.2, 0.25) is 11.8 Å². The molecule has 0 aliphatic heterocycles. The lowest BCUT2D eigenvalue weighted by Gasteiger charge is -2.30. The van der Waals surface area contributed by atoms with E-state index in [1.807, 2.05) is 51.1 Å². The molecule has 2 aromatic carbocycles. The number of carbonyl (C=O) groups is 2. The highest BCUT2D eigenvalue weighted by atomic mass is 79.9. The summed E-state index contributed by atoms with van der Waals surface area (Å²) in [6, 6.07) is 15.7. The van der Waals surface area contributed by atoms with Crippen LogP contribution in [0.4, 0.5) is 0 Å². The molecule has 6 heteroatoms. The molecule has 0 spiro atoms. The molecule has 156 valence electrons. The fourth-order valence-corrected chi connectivity index (χ4v) is 4.27. The average Bonchev–Trinajstić information content (AvgIpc) is 2.69. The smallest absolute Gasteiger partial charge is 0.242 e. The lowest BCUT2D eigenvalue weighted by molar-refractivity contribution is -0.139. The van der Waals surface area contributed by atoms with E-state index in [4.69, 9.17) is 0 Å². The van der Waals surface area contributed by atoms with Crippen LogP contribution in [0.3, 0.4) is 0 Å². The number of hydrogen-bond donors (Lipinski definition) is 1. The van der Waals surface area contributed by atoms with Crippen LogP contribution < -0.4 is 5.32 Å². The van der Waals surface area contributed by atoms with Crippen molar-refractivity contribution in [2.75, 3.05) is 12.3 Å². The van der Waals surface area contributed by atoms with Gasteiger partial charge in [0.15, 0.2) is 0 Å². The molecule has 4 nitrogen and oxygen atoms in total. The van der Waals surface area contributed by atoms with Gasteiger partial charge < -0.3 is 10.2 Å². The highest BCUT2D eigenvalue weighted by Crippen LogP contribution is 2.19. The predicted octanol–water partition coefficient (Wildman–Crippen LogP) is 4.93. The SMILES string of the molecule is CCNC(=O)[C@H](CC)N(Cc1cccc(C)c1)C(=O)CSCc1ccc(Br)cc1. The minimum atomic E-state index is -0.462. The summed E-state index contributed by atoms with van der Waals surface area (Å²) in [4.78, 5) is 27.4. The molecule has 0 radical (unpaired) electrons. The van der Waals surface area contributed by atoms with Crippen LogP contribution in [0.2, 0.25) is 0 Å². The molecule has 1 N–H and O–H groups in total. The van der Waals surface area contributed by atoms with Crippen molar-refractivity contribution in [3.8, 4) is 0 Å². The van der Waals surface area contributed by atoms with Crippen molar-refractivity contribution in [2.45, 2.75) is 45.5 Å². The van der Waals surface area contributed by atoms with E-state index in [0.717, 1.165) is 21.4 Å². The lowest BCUT2D eigenvalue weighted by atomic mass is 10.1. The second-order valence-corrected chi connectivity index (χ2v) is 8.85. The first-order valence-corrected chi connectivity index (χ1v) is 11.8. The average molecular weight is 477 g/mol. The normalized spacial score (nSPS) is 11.7. The highest BCUT2D eigenvalue weighted by molar-refractivity contribution is 9.10. The van der Waals surface area contributed by atoms with Crippen LogP contribution >= 0.6 is 27.7 Å². The van der Waals surface area contributed by atoms with Crippen LogP contribution in [0.1, 0.15) is 37.0 Å². The van der Waals surface area contributed by atoms with Gasteiger partial charge in [0.05, 0.1) is 5.75 Å². The Morgan fingerprint density at radius 3 is 2.45 bits per heavy atom. The van der Waals surface area contributed by atoms with Gasteiger partial charge in [-0.25, -0.2) is 0 Å². The Morgan fingerprint density at radius 2 is 1.83 bits per heavy atom. The quantitative estimate of drug-likeness (QED) is 0.528. The first kappa shape index (κ1) is 23.5. The largest absolute Gasteiger partial charge is 0.355 e. The molecular weight excluding hydrogens is 448 g/mol. The summed E-state index contributed by atoms with van der Waals surface area (Å²) in [5.41, 5.74) is 3.36. The van der Waals surface area contributed by atoms with Gasteiger partial charge in [-0.05, 0) is 43.5 Å². The summed E-state index contributed by atoms with van der Waals surface area (Å²) in [5, 5.41) is 2.87. The number of halogens is 1. The third kappa shape index (κ3) is 7.52. The molecule has 0 heterocycles. The van der Waals surface area contributed by atoms with Gasteiger partial charge in [0, 0.05) is 23.3 Å². The number of nitrogens with zero attached hydrogens (tertiary/aromatic N) is 1. The van der Waals surface area contributed by atoms with Crippen molar-refractivity contribution in [3.63, 3.8) is 0 Å². The molecular formula is C23H29BrN2O2S. The van der Waals surface area contributed by atoms with Crippen molar-refractivity contribution < 1.29 is 9.59 Å². The first-order valence-electron chi connectivity index (χ1n) is 9.89. The van der Waals surface area contributed by atoms with Gasteiger partial charge in [0.1, 0.15) is 6.04 Å². The lowest BCUT2D eigenvalue weighted by Crippen LogP contribution is -2.49. The topological polar surface area (TPSA) is 49.4 Å². The van der Waals surface area contributed by atoms with Gasteiger partial charge in [0.25, 0.3) is 0 Å². The zero-order valence-electron chi connectivity index (χ0n) is 17.3. The number of aryl methyl sites for hydroxylation is 1. The number of thioether (sulfide) groups is 1. The summed E-state index contributed by atoms with van der Waals surface area (Å²) in [6.07, 6.45) is 0.584. The van der Waals surface area contributed by atoms with Crippen molar-refractivity contribution in [1.29, 1.82) is 0 Å². The van der Waals surface area contributed by atoms with Gasteiger partial charge in [-0.15, -0.1) is 11.8 Å². The molecule has 2 rings (SSSR count). The van der Waals surface area contributed by atoms with E-state index in [-0.39, 0.29) is 11.8 Å². The predicted molar refractivity (Wildman–Crippen MR) is 125 cm³/mol. The molecule has 0 aliphatic rings. The van der Waals surface area contributed by atoms with E-state index < -0.39 is 6.04 Å². The van der Waals surface area contributed by atoms with Crippen LogP contribution in [-0.2, 0) is 21.9 Å². The molecule has 29 heavy (non-hydrogen) atoms. The molecule has 0 saturated heterocycles.